The molecule has 3 aromatic heterocycles. The van der Waals surface area contributed by atoms with E-state index in [1.165, 1.54) is 25.2 Å². The average Bonchev–Trinajstić information content (AvgIpc) is 3.73. The minimum absolute atomic E-state index is 0.151. The number of fused-ring (bicyclic) bond motifs is 2. The smallest absolute Gasteiger partial charge is 0.229 e. The van der Waals surface area contributed by atoms with Crippen LogP contribution >= 0.6 is 0 Å². The maximum Gasteiger partial charge on any atom is 0.229 e. The number of carbonyl (C=O) groups is 1. The molecule has 0 saturated heterocycles. The predicted octanol–water partition coefficient (Wildman–Crippen LogP) is 3.79. The molecule has 2 saturated carbocycles. The standard InChI is InChI=1S/C24H23N5O3/c1-26-21-16-10-27-20(24(6-7-24)23(25)30)9-15(16)17(11-28-21)22-29-18-8-14(4-5-19(18)32-22)31-12-13-2-3-13/h4-5,8-11,13H,2-3,6-7,12H2,1H3,(H2,25,30)(H,26,28)/i1D3. The van der Waals surface area contributed by atoms with Crippen LogP contribution < -0.4 is 15.8 Å². The Morgan fingerprint density at radius 2 is 2.16 bits per heavy atom. The number of rotatable bonds is 7. The third kappa shape index (κ3) is 3.05. The van der Waals surface area contributed by atoms with Crippen LogP contribution in [0.4, 0.5) is 5.82 Å². The summed E-state index contributed by atoms with van der Waals surface area (Å²) < 4.78 is 34.7. The quantitative estimate of drug-likeness (QED) is 0.456. The second-order valence-electron chi connectivity index (χ2n) is 8.61. The molecule has 2 aliphatic rings. The lowest BCUT2D eigenvalue weighted by Crippen LogP contribution is -2.29. The highest BCUT2D eigenvalue weighted by atomic mass is 16.5. The fraction of sp³-hybridized carbons (Fsp3) is 0.333. The Kier molecular flexibility index (Phi) is 3.46. The van der Waals surface area contributed by atoms with E-state index in [1.54, 1.807) is 6.07 Å². The number of nitrogens with one attached hydrogen (secondary N) is 1. The van der Waals surface area contributed by atoms with Crippen LogP contribution in [-0.2, 0) is 10.2 Å². The summed E-state index contributed by atoms with van der Waals surface area (Å²) >= 11 is 0. The van der Waals surface area contributed by atoms with Crippen LogP contribution in [0.2, 0.25) is 0 Å². The van der Waals surface area contributed by atoms with Crippen LogP contribution in [0.3, 0.4) is 0 Å². The van der Waals surface area contributed by atoms with Crippen LogP contribution in [0.25, 0.3) is 33.3 Å². The van der Waals surface area contributed by atoms with Gasteiger partial charge in [0.05, 0.1) is 23.3 Å². The highest BCUT2D eigenvalue weighted by Crippen LogP contribution is 2.48. The summed E-state index contributed by atoms with van der Waals surface area (Å²) in [5.41, 5.74) is 7.17. The molecule has 6 rings (SSSR count). The number of aromatic nitrogens is 3. The number of primary amides is 1. The lowest BCUT2D eigenvalue weighted by Gasteiger charge is -2.13. The van der Waals surface area contributed by atoms with Crippen LogP contribution in [0, 0.1) is 5.92 Å². The molecule has 0 atom stereocenters. The molecule has 0 unspecified atom stereocenters. The van der Waals surface area contributed by atoms with Gasteiger partial charge in [0.25, 0.3) is 0 Å². The van der Waals surface area contributed by atoms with Gasteiger partial charge in [0.1, 0.15) is 17.1 Å². The zero-order valence-electron chi connectivity index (χ0n) is 20.2. The van der Waals surface area contributed by atoms with E-state index in [4.69, 9.17) is 19.0 Å². The minimum Gasteiger partial charge on any atom is -0.493 e. The van der Waals surface area contributed by atoms with Gasteiger partial charge < -0.3 is 20.2 Å². The van der Waals surface area contributed by atoms with Crippen molar-refractivity contribution in [2.75, 3.05) is 18.9 Å². The molecule has 3 N–H and O–H groups in total. The van der Waals surface area contributed by atoms with Crippen molar-refractivity contribution in [3.8, 4) is 17.2 Å². The molecule has 2 fully saturated rings. The SMILES string of the molecule is [2H]C([2H])([2H])Nc1ncc(-c2nc3cc(OCC4CC4)ccc3o2)c2cc(C3(C(N)=O)CC3)ncc12. The molecule has 8 nitrogen and oxygen atoms in total. The molecule has 162 valence electrons. The monoisotopic (exact) mass is 432 g/mol. The first-order valence-corrected chi connectivity index (χ1v) is 10.6. The number of hydrogen-bond donors (Lipinski definition) is 2. The number of nitrogens with two attached hydrogens (primary N) is 1. The van der Waals surface area contributed by atoms with Crippen molar-refractivity contribution in [3.63, 3.8) is 0 Å². The normalized spacial score (nSPS) is 18.7. The highest BCUT2D eigenvalue weighted by Gasteiger charge is 2.51. The molecule has 0 radical (unpaired) electrons. The summed E-state index contributed by atoms with van der Waals surface area (Å²) in [6.07, 6.45) is 6.68. The maximum absolute atomic E-state index is 12.1. The van der Waals surface area contributed by atoms with Crippen molar-refractivity contribution in [2.24, 2.45) is 11.7 Å². The fourth-order valence-electron chi connectivity index (χ4n) is 4.03. The van der Waals surface area contributed by atoms with Gasteiger partial charge in [-0.1, -0.05) is 0 Å². The van der Waals surface area contributed by atoms with Crippen molar-refractivity contribution in [3.05, 3.63) is 42.4 Å². The maximum atomic E-state index is 12.1. The number of carbonyl (C=O) groups excluding carboxylic acids is 1. The zero-order chi connectivity index (χ0) is 24.4. The van der Waals surface area contributed by atoms with Gasteiger partial charge in [0, 0.05) is 40.3 Å². The van der Waals surface area contributed by atoms with Crippen molar-refractivity contribution in [2.45, 2.75) is 31.1 Å². The van der Waals surface area contributed by atoms with Crippen LogP contribution in [-0.4, -0.2) is 34.4 Å². The lowest BCUT2D eigenvalue weighted by molar-refractivity contribution is -0.120. The molecule has 4 aromatic rings. The highest BCUT2D eigenvalue weighted by molar-refractivity contribution is 6.01. The number of pyridine rings is 2. The Hall–Kier alpha value is -3.68. The molecule has 3 heterocycles. The van der Waals surface area contributed by atoms with Gasteiger partial charge in [-0.3, -0.25) is 9.78 Å². The van der Waals surface area contributed by atoms with E-state index in [2.05, 4.69) is 20.3 Å². The number of amides is 1. The number of nitrogens with zero attached hydrogens (tertiary/aromatic N) is 3. The van der Waals surface area contributed by atoms with Gasteiger partial charge in [-0.15, -0.1) is 0 Å². The summed E-state index contributed by atoms with van der Waals surface area (Å²) in [6.45, 7) is -1.75. The first-order valence-electron chi connectivity index (χ1n) is 12.1. The Labute approximate surface area is 188 Å². The average molecular weight is 432 g/mol. The second-order valence-corrected chi connectivity index (χ2v) is 8.61. The van der Waals surface area contributed by atoms with Gasteiger partial charge in [0.2, 0.25) is 11.8 Å². The fourth-order valence-corrected chi connectivity index (χ4v) is 4.03. The molecule has 1 amide bonds. The van der Waals surface area contributed by atoms with E-state index >= 15 is 0 Å². The van der Waals surface area contributed by atoms with Gasteiger partial charge >= 0.3 is 0 Å². The molecule has 32 heavy (non-hydrogen) atoms. The largest absolute Gasteiger partial charge is 0.493 e. The lowest BCUT2D eigenvalue weighted by atomic mass is 9.98. The minimum atomic E-state index is -2.44. The van der Waals surface area contributed by atoms with Gasteiger partial charge in [0.15, 0.2) is 5.58 Å². The van der Waals surface area contributed by atoms with E-state index in [0.29, 0.717) is 64.4 Å². The Morgan fingerprint density at radius 3 is 2.91 bits per heavy atom. The van der Waals surface area contributed by atoms with E-state index in [1.807, 2.05) is 18.2 Å². The van der Waals surface area contributed by atoms with Crippen LogP contribution in [0.5, 0.6) is 5.75 Å². The van der Waals surface area contributed by atoms with Crippen molar-refractivity contribution in [1.82, 2.24) is 15.0 Å². The summed E-state index contributed by atoms with van der Waals surface area (Å²) in [4.78, 5) is 25.5. The molecule has 0 aliphatic heterocycles. The molecular formula is C24H23N5O3. The van der Waals surface area contributed by atoms with Crippen molar-refractivity contribution >= 4 is 33.6 Å². The topological polar surface area (TPSA) is 116 Å². The summed E-state index contributed by atoms with van der Waals surface area (Å²) in [5.74, 6) is 1.41. The second kappa shape index (κ2) is 6.91. The van der Waals surface area contributed by atoms with E-state index in [0.717, 1.165) is 5.75 Å². The zero-order valence-corrected chi connectivity index (χ0v) is 17.2. The molecule has 1 aromatic carbocycles. The third-order valence-corrected chi connectivity index (χ3v) is 6.37. The number of ether oxygens (including phenoxy) is 1. The molecular weight excluding hydrogens is 406 g/mol. The Balaban J connectivity index is 1.46. The van der Waals surface area contributed by atoms with Crippen LogP contribution in [0.15, 0.2) is 41.1 Å². The first-order chi connectivity index (χ1) is 16.7. The summed E-state index contributed by atoms with van der Waals surface area (Å²) in [5, 5.41) is 3.53. The molecule has 8 heteroatoms. The van der Waals surface area contributed by atoms with Crippen molar-refractivity contribution < 1.29 is 18.1 Å². The van der Waals surface area contributed by atoms with Gasteiger partial charge in [-0.2, -0.15) is 0 Å². The summed E-state index contributed by atoms with van der Waals surface area (Å²) in [7, 11) is 0. The van der Waals surface area contributed by atoms with Gasteiger partial charge in [-0.25, -0.2) is 9.97 Å². The molecule has 0 bridgehead atoms. The van der Waals surface area contributed by atoms with E-state index < -0.39 is 18.3 Å². The molecule has 0 spiro atoms. The van der Waals surface area contributed by atoms with E-state index in [9.17, 15) is 4.79 Å². The number of hydrogen-bond acceptors (Lipinski definition) is 7. The number of oxazole rings is 1. The molecule has 2 aliphatic carbocycles. The van der Waals surface area contributed by atoms with Crippen molar-refractivity contribution in [1.29, 1.82) is 0 Å². The Bertz CT molecular complexity index is 1470. The van der Waals surface area contributed by atoms with E-state index in [-0.39, 0.29) is 5.82 Å². The van der Waals surface area contributed by atoms with Crippen LogP contribution in [0.1, 0.15) is 35.5 Å². The summed E-state index contributed by atoms with van der Waals surface area (Å²) in [6, 6.07) is 7.26. The predicted molar refractivity (Wildman–Crippen MR) is 120 cm³/mol. The number of anilines is 1. The first kappa shape index (κ1) is 16.0. The van der Waals surface area contributed by atoms with Gasteiger partial charge in [-0.05, 0) is 49.8 Å². The third-order valence-electron chi connectivity index (χ3n) is 6.37. The number of benzene rings is 1. The Morgan fingerprint density at radius 1 is 1.28 bits per heavy atom.